The Balaban J connectivity index is 1.50. The van der Waals surface area contributed by atoms with Gasteiger partial charge in [0, 0.05) is 29.0 Å². The van der Waals surface area contributed by atoms with Crippen molar-refractivity contribution in [2.45, 2.75) is 25.5 Å². The Morgan fingerprint density at radius 2 is 1.92 bits per heavy atom. The van der Waals surface area contributed by atoms with Gasteiger partial charge in [-0.3, -0.25) is 4.98 Å². The van der Waals surface area contributed by atoms with Crippen LogP contribution in [-0.4, -0.2) is 29.1 Å². The SMILES string of the molecule is COc1cccc(CCC2=C(C(=O)OCc3cccc(F)c3)C(c3c[nH]c4cnccc34)NC(=O)N2)c1. The van der Waals surface area contributed by atoms with E-state index in [9.17, 15) is 14.0 Å². The lowest BCUT2D eigenvalue weighted by molar-refractivity contribution is -0.140. The van der Waals surface area contributed by atoms with Crippen molar-refractivity contribution in [3.8, 4) is 5.75 Å². The molecule has 2 aromatic heterocycles. The number of ether oxygens (including phenoxy) is 2. The van der Waals surface area contributed by atoms with Crippen molar-refractivity contribution in [2.24, 2.45) is 0 Å². The van der Waals surface area contributed by atoms with Gasteiger partial charge >= 0.3 is 12.0 Å². The fraction of sp³-hybridized carbons (Fsp3) is 0.179. The molecule has 0 aliphatic carbocycles. The molecule has 188 valence electrons. The minimum Gasteiger partial charge on any atom is -0.497 e. The second-order valence-electron chi connectivity index (χ2n) is 8.65. The van der Waals surface area contributed by atoms with E-state index in [1.165, 1.54) is 12.1 Å². The molecule has 1 aliphatic rings. The molecule has 0 saturated heterocycles. The normalized spacial score (nSPS) is 15.3. The van der Waals surface area contributed by atoms with E-state index in [0.29, 0.717) is 29.7 Å². The number of urea groups is 1. The Bertz CT molecular complexity index is 1500. The van der Waals surface area contributed by atoms with Crippen molar-refractivity contribution in [3.05, 3.63) is 107 Å². The summed E-state index contributed by atoms with van der Waals surface area (Å²) in [5.74, 6) is -0.296. The number of rotatable bonds is 8. The first kappa shape index (κ1) is 24.1. The molecule has 0 bridgehead atoms. The monoisotopic (exact) mass is 500 g/mol. The topological polar surface area (TPSA) is 105 Å². The van der Waals surface area contributed by atoms with Crippen LogP contribution < -0.4 is 15.4 Å². The molecule has 9 heteroatoms. The van der Waals surface area contributed by atoms with Crippen LogP contribution in [0.3, 0.4) is 0 Å². The summed E-state index contributed by atoms with van der Waals surface area (Å²) in [5, 5.41) is 6.50. The second-order valence-corrected chi connectivity index (χ2v) is 8.65. The maximum absolute atomic E-state index is 13.6. The van der Waals surface area contributed by atoms with Crippen molar-refractivity contribution in [1.29, 1.82) is 0 Å². The van der Waals surface area contributed by atoms with Gasteiger partial charge < -0.3 is 25.1 Å². The van der Waals surface area contributed by atoms with Gasteiger partial charge in [-0.25, -0.2) is 14.0 Å². The Kier molecular flexibility index (Phi) is 6.85. The van der Waals surface area contributed by atoms with E-state index >= 15 is 0 Å². The number of nitrogens with zero attached hydrogens (tertiary/aromatic N) is 1. The van der Waals surface area contributed by atoms with Gasteiger partial charge in [0.25, 0.3) is 0 Å². The highest BCUT2D eigenvalue weighted by Crippen LogP contribution is 2.34. The summed E-state index contributed by atoms with van der Waals surface area (Å²) >= 11 is 0. The molecule has 0 spiro atoms. The third-order valence-corrected chi connectivity index (χ3v) is 6.26. The summed E-state index contributed by atoms with van der Waals surface area (Å²) < 4.78 is 24.6. The van der Waals surface area contributed by atoms with E-state index in [-0.39, 0.29) is 12.2 Å². The third kappa shape index (κ3) is 5.30. The number of H-pyrrole nitrogens is 1. The zero-order chi connectivity index (χ0) is 25.8. The predicted octanol–water partition coefficient (Wildman–Crippen LogP) is 4.69. The maximum Gasteiger partial charge on any atom is 0.338 e. The standard InChI is InChI=1S/C28H25FN4O4/c1-36-20-7-3-4-17(13-20)8-9-23-25(27(34)37-16-18-5-2-6-19(29)12-18)26(33-28(35)32-23)22-14-31-24-15-30-11-10-21(22)24/h2-7,10-15,26,31H,8-9,16H2,1H3,(H2,32,33,35). The second kappa shape index (κ2) is 10.5. The summed E-state index contributed by atoms with van der Waals surface area (Å²) in [4.78, 5) is 33.5. The van der Waals surface area contributed by atoms with Crippen LogP contribution in [0, 0.1) is 5.82 Å². The van der Waals surface area contributed by atoms with E-state index in [1.54, 1.807) is 37.8 Å². The maximum atomic E-state index is 13.6. The molecular weight excluding hydrogens is 475 g/mol. The highest BCUT2D eigenvalue weighted by molar-refractivity contribution is 5.97. The number of hydrogen-bond donors (Lipinski definition) is 3. The van der Waals surface area contributed by atoms with E-state index in [4.69, 9.17) is 9.47 Å². The quantitative estimate of drug-likeness (QED) is 0.304. The van der Waals surface area contributed by atoms with Crippen LogP contribution in [0.2, 0.25) is 0 Å². The lowest BCUT2D eigenvalue weighted by atomic mass is 9.93. The number of aromatic nitrogens is 2. The van der Waals surface area contributed by atoms with Crippen LogP contribution >= 0.6 is 0 Å². The van der Waals surface area contributed by atoms with E-state index in [2.05, 4.69) is 20.6 Å². The Morgan fingerprint density at radius 3 is 2.76 bits per heavy atom. The van der Waals surface area contributed by atoms with Gasteiger partial charge in [-0.05, 0) is 54.3 Å². The lowest BCUT2D eigenvalue weighted by Gasteiger charge is -2.29. The minimum atomic E-state index is -0.759. The number of benzene rings is 2. The summed E-state index contributed by atoms with van der Waals surface area (Å²) in [6.45, 7) is -0.109. The lowest BCUT2D eigenvalue weighted by Crippen LogP contribution is -2.46. The van der Waals surface area contributed by atoms with Gasteiger partial charge in [0.15, 0.2) is 0 Å². The summed E-state index contributed by atoms with van der Waals surface area (Å²) in [5.41, 5.74) is 3.75. The highest BCUT2D eigenvalue weighted by Gasteiger charge is 2.35. The number of carbonyl (C=O) groups is 2. The molecule has 1 atom stereocenters. The zero-order valence-corrected chi connectivity index (χ0v) is 20.1. The largest absolute Gasteiger partial charge is 0.497 e. The number of methoxy groups -OCH3 is 1. The highest BCUT2D eigenvalue weighted by atomic mass is 19.1. The molecule has 0 fully saturated rings. The molecule has 8 nitrogen and oxygen atoms in total. The number of halogens is 1. The summed E-state index contributed by atoms with van der Waals surface area (Å²) in [6.07, 6.45) is 6.01. The number of nitrogens with one attached hydrogen (secondary N) is 3. The Labute approximate surface area is 212 Å². The van der Waals surface area contributed by atoms with E-state index in [1.807, 2.05) is 30.3 Å². The average molecular weight is 501 g/mol. The molecule has 37 heavy (non-hydrogen) atoms. The summed E-state index contributed by atoms with van der Waals surface area (Å²) in [7, 11) is 1.60. The van der Waals surface area contributed by atoms with Crippen LogP contribution in [0.1, 0.15) is 29.2 Å². The van der Waals surface area contributed by atoms with Gasteiger partial charge in [0.05, 0.1) is 30.4 Å². The van der Waals surface area contributed by atoms with Crippen molar-refractivity contribution >= 4 is 22.9 Å². The van der Waals surface area contributed by atoms with Crippen molar-refractivity contribution in [3.63, 3.8) is 0 Å². The number of esters is 1. The smallest absolute Gasteiger partial charge is 0.338 e. The number of aromatic amines is 1. The molecule has 2 aromatic carbocycles. The average Bonchev–Trinajstić information content (AvgIpc) is 3.34. The number of carbonyl (C=O) groups excluding carboxylic acids is 2. The van der Waals surface area contributed by atoms with Crippen molar-refractivity contribution < 1.29 is 23.5 Å². The molecule has 1 aliphatic heterocycles. The molecule has 1 unspecified atom stereocenters. The molecule has 5 rings (SSSR count). The zero-order valence-electron chi connectivity index (χ0n) is 20.1. The first-order valence-corrected chi connectivity index (χ1v) is 11.8. The Hall–Kier alpha value is -4.66. The number of hydrogen-bond acceptors (Lipinski definition) is 5. The summed E-state index contributed by atoms with van der Waals surface area (Å²) in [6, 6.07) is 14.1. The number of pyridine rings is 1. The van der Waals surface area contributed by atoms with Crippen LogP contribution in [0.25, 0.3) is 10.9 Å². The predicted molar refractivity (Wildman–Crippen MR) is 135 cm³/mol. The molecule has 0 saturated carbocycles. The minimum absolute atomic E-state index is 0.109. The molecule has 3 N–H and O–H groups in total. The fourth-order valence-corrected chi connectivity index (χ4v) is 4.47. The molecule has 3 heterocycles. The number of allylic oxidation sites excluding steroid dienone is 1. The first-order valence-electron chi connectivity index (χ1n) is 11.8. The first-order chi connectivity index (χ1) is 18.0. The van der Waals surface area contributed by atoms with Crippen LogP contribution in [0.4, 0.5) is 9.18 Å². The van der Waals surface area contributed by atoms with Crippen molar-refractivity contribution in [2.75, 3.05) is 7.11 Å². The van der Waals surface area contributed by atoms with Crippen LogP contribution in [-0.2, 0) is 22.6 Å². The van der Waals surface area contributed by atoms with E-state index < -0.39 is 23.9 Å². The number of fused-ring (bicyclic) bond motifs is 1. The van der Waals surface area contributed by atoms with Crippen molar-refractivity contribution in [1.82, 2.24) is 20.6 Å². The van der Waals surface area contributed by atoms with Crippen LogP contribution in [0.15, 0.2) is 84.5 Å². The Morgan fingerprint density at radius 1 is 1.08 bits per heavy atom. The third-order valence-electron chi connectivity index (χ3n) is 6.26. The molecule has 4 aromatic rings. The van der Waals surface area contributed by atoms with Gasteiger partial charge in [0.2, 0.25) is 0 Å². The molecule has 0 radical (unpaired) electrons. The van der Waals surface area contributed by atoms with Gasteiger partial charge in [-0.2, -0.15) is 0 Å². The van der Waals surface area contributed by atoms with Gasteiger partial charge in [0.1, 0.15) is 18.2 Å². The molecule has 2 amide bonds. The number of amides is 2. The van der Waals surface area contributed by atoms with Gasteiger partial charge in [-0.15, -0.1) is 0 Å². The van der Waals surface area contributed by atoms with E-state index in [0.717, 1.165) is 22.2 Å². The fourth-order valence-electron chi connectivity index (χ4n) is 4.47. The molecular formula is C28H25FN4O4. The van der Waals surface area contributed by atoms with Gasteiger partial charge in [-0.1, -0.05) is 24.3 Å². The van der Waals surface area contributed by atoms with Crippen LogP contribution in [0.5, 0.6) is 5.75 Å². The number of aryl methyl sites for hydroxylation is 1.